The van der Waals surface area contributed by atoms with Crippen LogP contribution < -0.4 is 5.32 Å². The van der Waals surface area contributed by atoms with Crippen molar-refractivity contribution in [2.45, 2.75) is 51.4 Å². The average Bonchev–Trinajstić information content (AvgIpc) is 2.27. The van der Waals surface area contributed by atoms with Gasteiger partial charge in [0.2, 0.25) is 0 Å². The van der Waals surface area contributed by atoms with E-state index in [9.17, 15) is 13.2 Å². The molecule has 2 nitrogen and oxygen atoms in total. The zero-order valence-corrected chi connectivity index (χ0v) is 11.1. The Balaban J connectivity index is 1.65. The maximum absolute atomic E-state index is 12.0. The van der Waals surface area contributed by atoms with E-state index in [0.29, 0.717) is 30.5 Å². The molecule has 3 rings (SSSR count). The molecule has 3 fully saturated rings. The molecule has 3 aliphatic rings. The monoisotopic (exact) mass is 264 g/mol. The molecule has 0 amide bonds. The highest BCUT2D eigenvalue weighted by atomic mass is 19.4. The second kappa shape index (κ2) is 5.37. The van der Waals surface area contributed by atoms with Gasteiger partial charge in [0.05, 0.1) is 0 Å². The summed E-state index contributed by atoms with van der Waals surface area (Å²) in [5, 5.41) is 3.33. The second-order valence-electron chi connectivity index (χ2n) is 6.00. The van der Waals surface area contributed by atoms with Crippen LogP contribution in [0.5, 0.6) is 0 Å². The quantitative estimate of drug-likeness (QED) is 0.768. The van der Waals surface area contributed by atoms with Crippen LogP contribution in [0.4, 0.5) is 13.2 Å². The van der Waals surface area contributed by atoms with Crippen molar-refractivity contribution in [1.29, 1.82) is 0 Å². The minimum atomic E-state index is -4.01. The summed E-state index contributed by atoms with van der Waals surface area (Å²) in [7, 11) is 0. The van der Waals surface area contributed by atoms with Gasteiger partial charge in [0.15, 0.2) is 0 Å². The number of hydrogen-bond acceptors (Lipinski definition) is 2. The van der Waals surface area contributed by atoms with Crippen LogP contribution in [0.25, 0.3) is 0 Å². The van der Waals surface area contributed by atoms with E-state index in [1.54, 1.807) is 0 Å². The van der Waals surface area contributed by atoms with Gasteiger partial charge in [-0.15, -0.1) is 0 Å². The number of nitrogens with one attached hydrogen (secondary N) is 1. The molecule has 0 spiro atoms. The van der Waals surface area contributed by atoms with Crippen molar-refractivity contribution in [3.8, 4) is 0 Å². The van der Waals surface area contributed by atoms with E-state index in [2.05, 4.69) is 24.1 Å². The molecule has 2 heterocycles. The molecule has 2 saturated heterocycles. The van der Waals surface area contributed by atoms with Crippen molar-refractivity contribution in [3.05, 3.63) is 0 Å². The maximum atomic E-state index is 12.0. The number of alkyl halides is 3. The van der Waals surface area contributed by atoms with Gasteiger partial charge in [-0.25, -0.2) is 0 Å². The normalized spacial score (nSPS) is 32.7. The topological polar surface area (TPSA) is 15.3 Å². The van der Waals surface area contributed by atoms with E-state index in [-0.39, 0.29) is 6.42 Å². The zero-order chi connectivity index (χ0) is 13.3. The predicted molar refractivity (Wildman–Crippen MR) is 65.4 cm³/mol. The summed E-state index contributed by atoms with van der Waals surface area (Å²) in [5.74, 6) is 1.30. The highest BCUT2D eigenvalue weighted by Crippen LogP contribution is 2.40. The lowest BCUT2D eigenvalue weighted by molar-refractivity contribution is -0.135. The third kappa shape index (κ3) is 3.38. The molecule has 0 aromatic rings. The first-order chi connectivity index (χ1) is 8.37. The lowest BCUT2D eigenvalue weighted by atomic mass is 9.66. The number of fused-ring (bicyclic) bond motifs is 2. The van der Waals surface area contributed by atoms with Crippen LogP contribution in [-0.4, -0.2) is 42.8 Å². The molecule has 2 atom stereocenters. The average molecular weight is 264 g/mol. The second-order valence-corrected chi connectivity index (χ2v) is 6.00. The van der Waals surface area contributed by atoms with Gasteiger partial charge < -0.3 is 10.2 Å². The molecular weight excluding hydrogens is 241 g/mol. The minimum Gasteiger partial charge on any atom is -0.313 e. The van der Waals surface area contributed by atoms with Gasteiger partial charge in [0.1, 0.15) is 0 Å². The SMILES string of the molecule is CC(C)N1CC2CC(C1)C2NCCCC(F)(F)F. The van der Waals surface area contributed by atoms with Gasteiger partial charge in [-0.1, -0.05) is 0 Å². The largest absolute Gasteiger partial charge is 0.389 e. The number of nitrogens with zero attached hydrogens (tertiary/aromatic N) is 1. The Morgan fingerprint density at radius 3 is 2.33 bits per heavy atom. The standard InChI is InChI=1S/C13H23F3N2/c1-9(2)18-7-10-6-11(8-18)12(10)17-5-3-4-13(14,15)16/h9-12,17H,3-8H2,1-2H3. The van der Waals surface area contributed by atoms with Crippen molar-refractivity contribution < 1.29 is 13.2 Å². The molecular formula is C13H23F3N2. The first kappa shape index (κ1) is 14.1. The zero-order valence-electron chi connectivity index (χ0n) is 11.1. The van der Waals surface area contributed by atoms with E-state index in [0.717, 1.165) is 13.1 Å². The summed E-state index contributed by atoms with van der Waals surface area (Å²) in [4.78, 5) is 2.48. The van der Waals surface area contributed by atoms with Gasteiger partial charge in [0, 0.05) is 31.6 Å². The molecule has 0 aromatic heterocycles. The lowest BCUT2D eigenvalue weighted by Crippen LogP contribution is -2.64. The third-order valence-electron chi connectivity index (χ3n) is 4.31. The Morgan fingerprint density at radius 1 is 1.22 bits per heavy atom. The molecule has 0 aromatic carbocycles. The fraction of sp³-hybridized carbons (Fsp3) is 1.00. The summed E-state index contributed by atoms with van der Waals surface area (Å²) in [6.45, 7) is 7.11. The van der Waals surface area contributed by atoms with Crippen LogP contribution in [-0.2, 0) is 0 Å². The molecule has 18 heavy (non-hydrogen) atoms. The Labute approximate surface area is 107 Å². The van der Waals surface area contributed by atoms with Crippen LogP contribution in [0.2, 0.25) is 0 Å². The van der Waals surface area contributed by atoms with Crippen LogP contribution >= 0.6 is 0 Å². The van der Waals surface area contributed by atoms with Crippen LogP contribution in [0.1, 0.15) is 33.1 Å². The summed E-state index contributed by atoms with van der Waals surface area (Å²) in [6, 6.07) is 1.05. The van der Waals surface area contributed by atoms with Crippen molar-refractivity contribution in [3.63, 3.8) is 0 Å². The van der Waals surface area contributed by atoms with E-state index in [4.69, 9.17) is 0 Å². The Morgan fingerprint density at radius 2 is 1.83 bits per heavy atom. The Hall–Kier alpha value is -0.290. The van der Waals surface area contributed by atoms with Crippen LogP contribution in [0.3, 0.4) is 0 Å². The van der Waals surface area contributed by atoms with Crippen molar-refractivity contribution >= 4 is 0 Å². The third-order valence-corrected chi connectivity index (χ3v) is 4.31. The Kier molecular flexibility index (Phi) is 4.22. The summed E-state index contributed by atoms with van der Waals surface area (Å²) < 4.78 is 36.0. The number of piperidine rings is 2. The van der Waals surface area contributed by atoms with Gasteiger partial charge >= 0.3 is 6.18 Å². The summed E-state index contributed by atoms with van der Waals surface area (Å²) in [5.41, 5.74) is 0. The molecule has 0 radical (unpaired) electrons. The summed E-state index contributed by atoms with van der Waals surface area (Å²) >= 11 is 0. The number of halogens is 3. The van der Waals surface area contributed by atoms with Gasteiger partial charge in [-0.05, 0) is 45.1 Å². The molecule has 2 aliphatic heterocycles. The minimum absolute atomic E-state index is 0.202. The lowest BCUT2D eigenvalue weighted by Gasteiger charge is -2.55. The maximum Gasteiger partial charge on any atom is 0.389 e. The van der Waals surface area contributed by atoms with E-state index in [1.807, 2.05) is 0 Å². The first-order valence-corrected chi connectivity index (χ1v) is 6.91. The van der Waals surface area contributed by atoms with Gasteiger partial charge in [-0.2, -0.15) is 13.2 Å². The van der Waals surface area contributed by atoms with E-state index < -0.39 is 12.6 Å². The smallest absolute Gasteiger partial charge is 0.313 e. The van der Waals surface area contributed by atoms with E-state index >= 15 is 0 Å². The molecule has 2 bridgehead atoms. The van der Waals surface area contributed by atoms with E-state index in [1.165, 1.54) is 6.42 Å². The molecule has 1 saturated carbocycles. The predicted octanol–water partition coefficient (Wildman–Crippen LogP) is 2.65. The first-order valence-electron chi connectivity index (χ1n) is 6.91. The van der Waals surface area contributed by atoms with Crippen LogP contribution in [0.15, 0.2) is 0 Å². The fourth-order valence-electron chi connectivity index (χ4n) is 3.24. The molecule has 1 N–H and O–H groups in total. The molecule has 2 unspecified atom stereocenters. The molecule has 1 aliphatic carbocycles. The molecule has 106 valence electrons. The van der Waals surface area contributed by atoms with Gasteiger partial charge in [0.25, 0.3) is 0 Å². The van der Waals surface area contributed by atoms with Crippen molar-refractivity contribution in [2.24, 2.45) is 11.8 Å². The van der Waals surface area contributed by atoms with Crippen molar-refractivity contribution in [2.75, 3.05) is 19.6 Å². The highest BCUT2D eigenvalue weighted by molar-refractivity contribution is 5.02. The highest BCUT2D eigenvalue weighted by Gasteiger charge is 2.46. The Bertz CT molecular complexity index is 266. The van der Waals surface area contributed by atoms with Crippen molar-refractivity contribution in [1.82, 2.24) is 10.2 Å². The van der Waals surface area contributed by atoms with Gasteiger partial charge in [-0.3, -0.25) is 0 Å². The summed E-state index contributed by atoms with van der Waals surface area (Å²) in [6.07, 6.45) is -3.22. The number of hydrogen-bond donors (Lipinski definition) is 1. The number of rotatable bonds is 5. The fourth-order valence-corrected chi connectivity index (χ4v) is 3.24. The molecule has 5 heteroatoms. The van der Waals surface area contributed by atoms with Crippen LogP contribution in [0, 0.1) is 11.8 Å².